The maximum absolute atomic E-state index is 10.9. The first kappa shape index (κ1) is 15.3. The first-order valence-electron chi connectivity index (χ1n) is 6.17. The fourth-order valence-corrected chi connectivity index (χ4v) is 2.01. The summed E-state index contributed by atoms with van der Waals surface area (Å²) >= 11 is 11.0. The highest BCUT2D eigenvalue weighted by Crippen LogP contribution is 2.11. The molecule has 0 radical (unpaired) electrons. The molecule has 0 fully saturated rings. The third-order valence-corrected chi connectivity index (χ3v) is 3.23. The van der Waals surface area contributed by atoms with E-state index in [0.29, 0.717) is 22.4 Å². The number of carboxylic acid groups (broad SMARTS) is 1. The van der Waals surface area contributed by atoms with Crippen molar-refractivity contribution >= 4 is 40.6 Å². The van der Waals surface area contributed by atoms with Gasteiger partial charge in [-0.3, -0.25) is 0 Å². The monoisotopic (exact) mass is 320 g/mol. The second-order valence-corrected chi connectivity index (χ2v) is 5.16. The first-order valence-corrected chi connectivity index (χ1v) is 6.96. The fourth-order valence-electron chi connectivity index (χ4n) is 1.69. The lowest BCUT2D eigenvalue weighted by molar-refractivity contribution is 0.0697. The van der Waals surface area contributed by atoms with Gasteiger partial charge in [0.05, 0.1) is 5.56 Å². The molecule has 0 aliphatic rings. The summed E-state index contributed by atoms with van der Waals surface area (Å²) < 4.78 is 0. The number of rotatable bonds is 4. The van der Waals surface area contributed by atoms with E-state index in [1.54, 1.807) is 12.1 Å². The molecule has 0 aromatic heterocycles. The predicted octanol–water partition coefficient (Wildman–Crippen LogP) is 3.52. The molecule has 0 saturated heterocycles. The number of hydrogen-bond acceptors (Lipinski definition) is 2. The van der Waals surface area contributed by atoms with Crippen molar-refractivity contribution < 1.29 is 9.90 Å². The summed E-state index contributed by atoms with van der Waals surface area (Å²) in [6.07, 6.45) is 0. The summed E-state index contributed by atoms with van der Waals surface area (Å²) in [6.45, 7) is 0.557. The summed E-state index contributed by atoms with van der Waals surface area (Å²) in [7, 11) is 0. The molecule has 0 heterocycles. The Hall–Kier alpha value is -2.11. The van der Waals surface area contributed by atoms with Gasteiger partial charge in [0.25, 0.3) is 0 Å². The third kappa shape index (κ3) is 4.73. The van der Waals surface area contributed by atoms with Crippen molar-refractivity contribution in [3.05, 3.63) is 64.7 Å². The molecule has 2 rings (SSSR count). The molecule has 21 heavy (non-hydrogen) atoms. The first-order chi connectivity index (χ1) is 10.0. The molecule has 2 aromatic carbocycles. The lowest BCUT2D eigenvalue weighted by Crippen LogP contribution is -2.27. The molecule has 2 aromatic rings. The summed E-state index contributed by atoms with van der Waals surface area (Å²) in [5.41, 5.74) is 1.88. The molecule has 6 heteroatoms. The Kier molecular flexibility index (Phi) is 5.14. The van der Waals surface area contributed by atoms with Crippen LogP contribution in [-0.2, 0) is 6.54 Å². The number of carbonyl (C=O) groups is 1. The zero-order valence-corrected chi connectivity index (χ0v) is 12.5. The van der Waals surface area contributed by atoms with E-state index in [-0.39, 0.29) is 5.56 Å². The minimum Gasteiger partial charge on any atom is -0.478 e. The number of thiocarbonyl (C=S) groups is 1. The predicted molar refractivity (Wildman–Crippen MR) is 87.9 cm³/mol. The van der Waals surface area contributed by atoms with Crippen LogP contribution in [0.2, 0.25) is 5.02 Å². The van der Waals surface area contributed by atoms with Gasteiger partial charge in [-0.1, -0.05) is 29.8 Å². The van der Waals surface area contributed by atoms with E-state index in [1.807, 2.05) is 24.3 Å². The van der Waals surface area contributed by atoms with Gasteiger partial charge in [-0.05, 0) is 48.1 Å². The fraction of sp³-hybridized carbons (Fsp3) is 0.0667. The van der Waals surface area contributed by atoms with Crippen LogP contribution in [0.15, 0.2) is 48.5 Å². The third-order valence-electron chi connectivity index (χ3n) is 2.73. The zero-order chi connectivity index (χ0) is 15.2. The van der Waals surface area contributed by atoms with Gasteiger partial charge in [0.1, 0.15) is 0 Å². The normalized spacial score (nSPS) is 9.95. The minimum atomic E-state index is -0.973. The van der Waals surface area contributed by atoms with Gasteiger partial charge in [-0.25, -0.2) is 4.79 Å². The molecule has 0 atom stereocenters. The van der Waals surface area contributed by atoms with Crippen molar-refractivity contribution in [2.75, 3.05) is 5.32 Å². The van der Waals surface area contributed by atoms with Gasteiger partial charge in [0.15, 0.2) is 5.11 Å². The van der Waals surface area contributed by atoms with Crippen molar-refractivity contribution in [1.29, 1.82) is 0 Å². The molecule has 0 amide bonds. The summed E-state index contributed by atoms with van der Waals surface area (Å²) in [6, 6.07) is 13.9. The average Bonchev–Trinajstić information content (AvgIpc) is 2.47. The number of halogens is 1. The number of anilines is 1. The van der Waals surface area contributed by atoms with Gasteiger partial charge < -0.3 is 15.7 Å². The van der Waals surface area contributed by atoms with Gasteiger partial charge in [0.2, 0.25) is 0 Å². The smallest absolute Gasteiger partial charge is 0.335 e. The lowest BCUT2D eigenvalue weighted by Gasteiger charge is -2.11. The topological polar surface area (TPSA) is 61.4 Å². The van der Waals surface area contributed by atoms with Crippen LogP contribution in [0.25, 0.3) is 0 Å². The Bertz CT molecular complexity index is 659. The highest BCUT2D eigenvalue weighted by molar-refractivity contribution is 7.80. The second kappa shape index (κ2) is 7.06. The van der Waals surface area contributed by atoms with E-state index in [4.69, 9.17) is 28.9 Å². The average molecular weight is 321 g/mol. The highest BCUT2D eigenvalue weighted by Gasteiger charge is 2.04. The van der Waals surface area contributed by atoms with Crippen molar-refractivity contribution in [3.63, 3.8) is 0 Å². The lowest BCUT2D eigenvalue weighted by atomic mass is 10.2. The maximum Gasteiger partial charge on any atom is 0.335 e. The molecule has 4 nitrogen and oxygen atoms in total. The molecule has 0 saturated carbocycles. The summed E-state index contributed by atoms with van der Waals surface area (Å²) in [5, 5.41) is 16.0. The van der Waals surface area contributed by atoms with E-state index >= 15 is 0 Å². The Balaban J connectivity index is 1.91. The van der Waals surface area contributed by atoms with Gasteiger partial charge in [-0.2, -0.15) is 0 Å². The maximum atomic E-state index is 10.9. The Morgan fingerprint density at radius 3 is 2.57 bits per heavy atom. The number of carboxylic acids is 1. The molecular formula is C15H13ClN2O2S. The van der Waals surface area contributed by atoms with Crippen LogP contribution in [0.1, 0.15) is 15.9 Å². The molecule has 0 unspecified atom stereocenters. The van der Waals surface area contributed by atoms with E-state index < -0.39 is 5.97 Å². The van der Waals surface area contributed by atoms with Gasteiger partial charge in [0, 0.05) is 17.3 Å². The van der Waals surface area contributed by atoms with Crippen LogP contribution >= 0.6 is 23.8 Å². The minimum absolute atomic E-state index is 0.209. The van der Waals surface area contributed by atoms with Crippen LogP contribution in [0, 0.1) is 0 Å². The molecule has 0 spiro atoms. The number of nitrogens with one attached hydrogen (secondary N) is 2. The molecule has 0 aliphatic carbocycles. The molecular weight excluding hydrogens is 308 g/mol. The molecule has 0 bridgehead atoms. The van der Waals surface area contributed by atoms with Crippen molar-refractivity contribution in [1.82, 2.24) is 5.32 Å². The van der Waals surface area contributed by atoms with E-state index in [2.05, 4.69) is 10.6 Å². The van der Waals surface area contributed by atoms with Gasteiger partial charge >= 0.3 is 5.97 Å². The summed E-state index contributed by atoms with van der Waals surface area (Å²) in [5.74, 6) is -0.973. The Labute approximate surface area is 132 Å². The Morgan fingerprint density at radius 1 is 1.19 bits per heavy atom. The molecule has 0 aliphatic heterocycles. The number of aromatic carboxylic acids is 1. The van der Waals surface area contributed by atoms with Crippen molar-refractivity contribution in [3.8, 4) is 0 Å². The highest BCUT2D eigenvalue weighted by atomic mass is 35.5. The van der Waals surface area contributed by atoms with Crippen LogP contribution in [0.3, 0.4) is 0 Å². The van der Waals surface area contributed by atoms with Crippen LogP contribution in [-0.4, -0.2) is 16.2 Å². The van der Waals surface area contributed by atoms with E-state index in [0.717, 1.165) is 5.56 Å². The van der Waals surface area contributed by atoms with Crippen LogP contribution in [0.5, 0.6) is 0 Å². The second-order valence-electron chi connectivity index (χ2n) is 4.32. The molecule has 108 valence electrons. The van der Waals surface area contributed by atoms with Crippen LogP contribution in [0.4, 0.5) is 5.69 Å². The number of benzene rings is 2. The standard InChI is InChI=1S/C15H13ClN2O2S/c16-12-6-4-10(5-7-12)9-17-15(21)18-13-3-1-2-11(8-13)14(19)20/h1-8H,9H2,(H,19,20)(H2,17,18,21). The zero-order valence-electron chi connectivity index (χ0n) is 11.0. The van der Waals surface area contributed by atoms with Crippen LogP contribution < -0.4 is 10.6 Å². The SMILES string of the molecule is O=C(O)c1cccc(NC(=S)NCc2ccc(Cl)cc2)c1. The number of hydrogen-bond donors (Lipinski definition) is 3. The van der Waals surface area contributed by atoms with Crippen molar-refractivity contribution in [2.24, 2.45) is 0 Å². The van der Waals surface area contributed by atoms with E-state index in [1.165, 1.54) is 12.1 Å². The van der Waals surface area contributed by atoms with Crippen molar-refractivity contribution in [2.45, 2.75) is 6.54 Å². The Morgan fingerprint density at radius 2 is 1.90 bits per heavy atom. The summed E-state index contributed by atoms with van der Waals surface area (Å²) in [4.78, 5) is 10.9. The molecule has 3 N–H and O–H groups in total. The largest absolute Gasteiger partial charge is 0.478 e. The van der Waals surface area contributed by atoms with E-state index in [9.17, 15) is 4.79 Å². The van der Waals surface area contributed by atoms with Gasteiger partial charge in [-0.15, -0.1) is 0 Å². The quantitative estimate of drug-likeness (QED) is 0.752.